The van der Waals surface area contributed by atoms with E-state index in [-0.39, 0.29) is 12.6 Å². The highest BCUT2D eigenvalue weighted by Gasteiger charge is 2.14. The topological polar surface area (TPSA) is 50.1 Å². The minimum Gasteiger partial charge on any atom is -0.457 e. The van der Waals surface area contributed by atoms with E-state index in [9.17, 15) is 4.79 Å². The fourth-order valence-electron chi connectivity index (χ4n) is 2.45. The summed E-state index contributed by atoms with van der Waals surface area (Å²) < 4.78 is 5.37. The lowest BCUT2D eigenvalue weighted by atomic mass is 10.00. The molecule has 106 valence electrons. The molecule has 2 rings (SSSR count). The maximum atomic E-state index is 12.2. The summed E-state index contributed by atoms with van der Waals surface area (Å²) in [5.41, 5.74) is 4.96. The minimum atomic E-state index is -0.327. The Labute approximate surface area is 124 Å². The molecule has 0 bridgehead atoms. The predicted octanol–water partition coefficient (Wildman–Crippen LogP) is 3.84. The van der Waals surface area contributed by atoms with Crippen LogP contribution in [0.15, 0.2) is 36.4 Å². The van der Waals surface area contributed by atoms with Gasteiger partial charge in [-0.15, -0.1) is 0 Å². The van der Waals surface area contributed by atoms with Crippen molar-refractivity contribution >= 4 is 5.97 Å². The average Bonchev–Trinajstić information content (AvgIpc) is 2.44. The van der Waals surface area contributed by atoms with E-state index in [1.807, 2.05) is 39.0 Å². The molecule has 0 spiro atoms. The molecular formula is C18H17NO2. The molecule has 0 unspecified atom stereocenters. The Bertz CT molecular complexity index is 703. The van der Waals surface area contributed by atoms with Gasteiger partial charge in [0.25, 0.3) is 0 Å². The molecule has 3 heteroatoms. The van der Waals surface area contributed by atoms with Crippen LogP contribution in [0.1, 0.15) is 38.2 Å². The molecule has 0 fully saturated rings. The zero-order valence-corrected chi connectivity index (χ0v) is 12.4. The van der Waals surface area contributed by atoms with Crippen LogP contribution in [-0.2, 0) is 11.3 Å². The van der Waals surface area contributed by atoms with Crippen LogP contribution in [0.25, 0.3) is 0 Å². The van der Waals surface area contributed by atoms with E-state index >= 15 is 0 Å². The molecule has 0 aliphatic rings. The summed E-state index contributed by atoms with van der Waals surface area (Å²) in [6, 6.07) is 13.1. The van der Waals surface area contributed by atoms with Gasteiger partial charge in [-0.3, -0.25) is 0 Å². The molecule has 0 aliphatic carbocycles. The number of nitrogens with zero attached hydrogens (tertiary/aromatic N) is 1. The highest BCUT2D eigenvalue weighted by Crippen LogP contribution is 2.18. The smallest absolute Gasteiger partial charge is 0.339 e. The number of benzene rings is 2. The van der Waals surface area contributed by atoms with Crippen LogP contribution in [0.4, 0.5) is 0 Å². The van der Waals surface area contributed by atoms with Gasteiger partial charge in [-0.25, -0.2) is 4.79 Å². The highest BCUT2D eigenvalue weighted by molar-refractivity contribution is 5.92. The molecule has 2 aromatic rings. The fourth-order valence-corrected chi connectivity index (χ4v) is 2.45. The van der Waals surface area contributed by atoms with Crippen molar-refractivity contribution in [3.63, 3.8) is 0 Å². The van der Waals surface area contributed by atoms with E-state index in [4.69, 9.17) is 10.00 Å². The molecule has 0 heterocycles. The van der Waals surface area contributed by atoms with Gasteiger partial charge in [0.2, 0.25) is 0 Å². The second kappa shape index (κ2) is 6.23. The summed E-state index contributed by atoms with van der Waals surface area (Å²) in [6.45, 7) is 5.99. The van der Waals surface area contributed by atoms with E-state index in [1.54, 1.807) is 18.2 Å². The van der Waals surface area contributed by atoms with Crippen LogP contribution in [-0.4, -0.2) is 5.97 Å². The van der Waals surface area contributed by atoms with Crippen molar-refractivity contribution in [2.45, 2.75) is 27.4 Å². The Morgan fingerprint density at radius 3 is 2.43 bits per heavy atom. The molecule has 0 aromatic heterocycles. The Morgan fingerprint density at radius 1 is 1.14 bits per heavy atom. The van der Waals surface area contributed by atoms with Crippen molar-refractivity contribution in [3.8, 4) is 6.07 Å². The summed E-state index contributed by atoms with van der Waals surface area (Å²) in [6.07, 6.45) is 0. The monoisotopic (exact) mass is 279 g/mol. The third-order valence-electron chi connectivity index (χ3n) is 3.31. The van der Waals surface area contributed by atoms with Crippen LogP contribution in [0, 0.1) is 32.1 Å². The zero-order chi connectivity index (χ0) is 15.4. The number of aryl methyl sites for hydroxylation is 3. The summed E-state index contributed by atoms with van der Waals surface area (Å²) in [7, 11) is 0. The van der Waals surface area contributed by atoms with Gasteiger partial charge >= 0.3 is 5.97 Å². The van der Waals surface area contributed by atoms with E-state index in [1.165, 1.54) is 0 Å². The van der Waals surface area contributed by atoms with Crippen LogP contribution in [0.2, 0.25) is 0 Å². The largest absolute Gasteiger partial charge is 0.457 e. The van der Waals surface area contributed by atoms with Crippen LogP contribution in [0.5, 0.6) is 0 Å². The first-order chi connectivity index (χ1) is 10.0. The lowest BCUT2D eigenvalue weighted by Crippen LogP contribution is -2.09. The first-order valence-electron chi connectivity index (χ1n) is 6.75. The van der Waals surface area contributed by atoms with Crippen molar-refractivity contribution in [1.82, 2.24) is 0 Å². The first kappa shape index (κ1) is 14.8. The van der Waals surface area contributed by atoms with Gasteiger partial charge < -0.3 is 4.74 Å². The van der Waals surface area contributed by atoms with Crippen molar-refractivity contribution in [3.05, 3.63) is 69.8 Å². The summed E-state index contributed by atoms with van der Waals surface area (Å²) >= 11 is 0. The van der Waals surface area contributed by atoms with Crippen molar-refractivity contribution in [1.29, 1.82) is 5.26 Å². The number of hydrogen-bond donors (Lipinski definition) is 0. The quantitative estimate of drug-likeness (QED) is 0.802. The maximum absolute atomic E-state index is 12.2. The van der Waals surface area contributed by atoms with Gasteiger partial charge in [0.1, 0.15) is 6.61 Å². The Hall–Kier alpha value is -2.60. The molecule has 0 saturated heterocycles. The van der Waals surface area contributed by atoms with Crippen LogP contribution < -0.4 is 0 Å². The number of esters is 1. The van der Waals surface area contributed by atoms with Gasteiger partial charge in [-0.05, 0) is 49.6 Å². The average molecular weight is 279 g/mol. The molecule has 0 atom stereocenters. The van der Waals surface area contributed by atoms with Gasteiger partial charge in [0, 0.05) is 0 Å². The number of carbonyl (C=O) groups excluding carboxylic acids is 1. The number of hydrogen-bond acceptors (Lipinski definition) is 3. The molecule has 0 N–H and O–H groups in total. The SMILES string of the molecule is Cc1cc(C)c(C(=O)OCc2cccc(C#N)c2)c(C)c1. The summed E-state index contributed by atoms with van der Waals surface area (Å²) in [4.78, 5) is 12.2. The highest BCUT2D eigenvalue weighted by atomic mass is 16.5. The van der Waals surface area contributed by atoms with Crippen molar-refractivity contribution in [2.24, 2.45) is 0 Å². The molecule has 3 nitrogen and oxygen atoms in total. The Balaban J connectivity index is 2.14. The molecule has 0 saturated carbocycles. The Morgan fingerprint density at radius 2 is 1.81 bits per heavy atom. The van der Waals surface area contributed by atoms with E-state index < -0.39 is 0 Å². The van der Waals surface area contributed by atoms with Crippen LogP contribution in [0.3, 0.4) is 0 Å². The normalized spacial score (nSPS) is 10.0. The number of ether oxygens (including phenoxy) is 1. The fraction of sp³-hybridized carbons (Fsp3) is 0.222. The van der Waals surface area contributed by atoms with Gasteiger partial charge in [-0.1, -0.05) is 29.8 Å². The minimum absolute atomic E-state index is 0.168. The number of nitriles is 1. The lowest BCUT2D eigenvalue weighted by Gasteiger charge is -2.11. The molecule has 2 aromatic carbocycles. The van der Waals surface area contributed by atoms with Gasteiger partial charge in [0.05, 0.1) is 17.2 Å². The summed E-state index contributed by atoms with van der Waals surface area (Å²) in [5, 5.41) is 8.86. The molecule has 0 radical (unpaired) electrons. The second-order valence-electron chi connectivity index (χ2n) is 5.16. The van der Waals surface area contributed by atoms with Gasteiger partial charge in [-0.2, -0.15) is 5.26 Å². The maximum Gasteiger partial charge on any atom is 0.339 e. The summed E-state index contributed by atoms with van der Waals surface area (Å²) in [5.74, 6) is -0.327. The van der Waals surface area contributed by atoms with Crippen molar-refractivity contribution in [2.75, 3.05) is 0 Å². The molecular weight excluding hydrogens is 262 g/mol. The van der Waals surface area contributed by atoms with Crippen LogP contribution >= 0.6 is 0 Å². The molecule has 0 aliphatic heterocycles. The zero-order valence-electron chi connectivity index (χ0n) is 12.4. The molecule has 21 heavy (non-hydrogen) atoms. The lowest BCUT2D eigenvalue weighted by molar-refractivity contribution is 0.0471. The van der Waals surface area contributed by atoms with E-state index in [2.05, 4.69) is 6.07 Å². The van der Waals surface area contributed by atoms with Gasteiger partial charge in [0.15, 0.2) is 0 Å². The standard InChI is InChI=1S/C18H17NO2/c1-12-7-13(2)17(14(3)8-12)18(20)21-11-16-6-4-5-15(9-16)10-19/h4-9H,11H2,1-3H3. The predicted molar refractivity (Wildman–Crippen MR) is 80.9 cm³/mol. The third kappa shape index (κ3) is 3.49. The number of carbonyl (C=O) groups is 1. The third-order valence-corrected chi connectivity index (χ3v) is 3.31. The van der Waals surface area contributed by atoms with E-state index in [0.717, 1.165) is 22.3 Å². The van der Waals surface area contributed by atoms with Crippen molar-refractivity contribution < 1.29 is 9.53 Å². The number of rotatable bonds is 3. The second-order valence-corrected chi connectivity index (χ2v) is 5.16. The van der Waals surface area contributed by atoms with E-state index in [0.29, 0.717) is 11.1 Å². The molecule has 0 amide bonds. The first-order valence-corrected chi connectivity index (χ1v) is 6.75. The Kier molecular flexibility index (Phi) is 4.39.